The Bertz CT molecular complexity index is 827. The first-order valence-electron chi connectivity index (χ1n) is 7.64. The van der Waals surface area contributed by atoms with Gasteiger partial charge in [0.05, 0.1) is 11.3 Å². The van der Waals surface area contributed by atoms with Gasteiger partial charge in [0.1, 0.15) is 0 Å². The van der Waals surface area contributed by atoms with Gasteiger partial charge in [0.25, 0.3) is 0 Å². The summed E-state index contributed by atoms with van der Waals surface area (Å²) in [6, 6.07) is 12.0. The molecule has 2 rings (SSSR count). The van der Waals surface area contributed by atoms with Gasteiger partial charge in [0.15, 0.2) is 0 Å². The Balaban J connectivity index is 1.97. The summed E-state index contributed by atoms with van der Waals surface area (Å²) in [6.45, 7) is 4.37. The van der Waals surface area contributed by atoms with Crippen LogP contribution < -0.4 is 4.72 Å². The highest BCUT2D eigenvalue weighted by Gasteiger charge is 2.13. The van der Waals surface area contributed by atoms with Crippen molar-refractivity contribution < 1.29 is 18.3 Å². The van der Waals surface area contributed by atoms with Gasteiger partial charge in [-0.3, -0.25) is 4.79 Å². The van der Waals surface area contributed by atoms with E-state index in [1.807, 2.05) is 26.0 Å². The molecule has 0 saturated carbocycles. The summed E-state index contributed by atoms with van der Waals surface area (Å²) >= 11 is 0. The molecule has 0 aliphatic carbocycles. The molecule has 0 bridgehead atoms. The van der Waals surface area contributed by atoms with E-state index < -0.39 is 16.0 Å². The molecule has 0 amide bonds. The Kier molecular flexibility index (Phi) is 5.75. The molecule has 2 aromatic carbocycles. The molecule has 0 saturated heterocycles. The van der Waals surface area contributed by atoms with Crippen molar-refractivity contribution in [2.45, 2.75) is 31.6 Å². The summed E-state index contributed by atoms with van der Waals surface area (Å²) in [5, 5.41) is 8.73. The molecule has 2 aromatic rings. The van der Waals surface area contributed by atoms with Gasteiger partial charge in [0.2, 0.25) is 10.0 Å². The normalized spacial score (nSPS) is 11.4. The lowest BCUT2D eigenvalue weighted by Gasteiger charge is -2.09. The summed E-state index contributed by atoms with van der Waals surface area (Å²) in [5.74, 6) is -0.947. The number of nitrogens with one attached hydrogen (secondary N) is 1. The lowest BCUT2D eigenvalue weighted by molar-refractivity contribution is -0.136. The average Bonchev–Trinajstić information content (AvgIpc) is 2.50. The molecule has 0 unspecified atom stereocenters. The predicted molar refractivity (Wildman–Crippen MR) is 92.6 cm³/mol. The van der Waals surface area contributed by atoms with Crippen molar-refractivity contribution in [3.63, 3.8) is 0 Å². The number of aryl methyl sites for hydroxylation is 2. The maximum atomic E-state index is 12.2. The number of hydrogen-bond acceptors (Lipinski definition) is 3. The van der Waals surface area contributed by atoms with E-state index in [9.17, 15) is 13.2 Å². The molecule has 6 heteroatoms. The summed E-state index contributed by atoms with van der Waals surface area (Å²) in [6.07, 6.45) is 0.484. The molecule has 0 aromatic heterocycles. The number of aliphatic carboxylic acids is 1. The zero-order valence-corrected chi connectivity index (χ0v) is 14.6. The molecule has 2 N–H and O–H groups in total. The van der Waals surface area contributed by atoms with Crippen molar-refractivity contribution in [1.29, 1.82) is 0 Å². The fraction of sp³-hybridized carbons (Fsp3) is 0.278. The number of hydrogen-bond donors (Lipinski definition) is 2. The first-order valence-corrected chi connectivity index (χ1v) is 9.13. The Hall–Kier alpha value is -2.18. The fourth-order valence-corrected chi connectivity index (χ4v) is 3.37. The number of benzene rings is 2. The highest BCUT2D eigenvalue weighted by molar-refractivity contribution is 7.89. The number of rotatable bonds is 7. The van der Waals surface area contributed by atoms with Gasteiger partial charge in [-0.2, -0.15) is 0 Å². The molecule has 24 heavy (non-hydrogen) atoms. The van der Waals surface area contributed by atoms with E-state index in [0.29, 0.717) is 18.5 Å². The summed E-state index contributed by atoms with van der Waals surface area (Å²) < 4.78 is 27.1. The summed E-state index contributed by atoms with van der Waals surface area (Å²) in [7, 11) is -3.59. The van der Waals surface area contributed by atoms with Crippen molar-refractivity contribution in [2.24, 2.45) is 0 Å². The van der Waals surface area contributed by atoms with Crippen LogP contribution in [-0.4, -0.2) is 26.0 Å². The van der Waals surface area contributed by atoms with Crippen LogP contribution in [0.5, 0.6) is 0 Å². The summed E-state index contributed by atoms with van der Waals surface area (Å²) in [5.41, 5.74) is 4.04. The van der Waals surface area contributed by atoms with Crippen LogP contribution in [0.4, 0.5) is 0 Å². The van der Waals surface area contributed by atoms with Gasteiger partial charge in [-0.15, -0.1) is 0 Å². The number of carboxylic acid groups (broad SMARTS) is 1. The molecule has 0 atom stereocenters. The van der Waals surface area contributed by atoms with Crippen LogP contribution in [0, 0.1) is 13.8 Å². The monoisotopic (exact) mass is 347 g/mol. The number of sulfonamides is 1. The van der Waals surface area contributed by atoms with Gasteiger partial charge in [-0.05, 0) is 54.7 Å². The molecule has 0 heterocycles. The van der Waals surface area contributed by atoms with Crippen molar-refractivity contribution in [1.82, 2.24) is 4.72 Å². The van der Waals surface area contributed by atoms with Crippen molar-refractivity contribution >= 4 is 16.0 Å². The maximum absolute atomic E-state index is 12.2. The molecular formula is C18H21NO4S. The van der Waals surface area contributed by atoms with Crippen LogP contribution >= 0.6 is 0 Å². The smallest absolute Gasteiger partial charge is 0.307 e. The van der Waals surface area contributed by atoms with Crippen molar-refractivity contribution in [2.75, 3.05) is 6.54 Å². The van der Waals surface area contributed by atoms with Crippen LogP contribution in [0.15, 0.2) is 47.4 Å². The standard InChI is InChI=1S/C18H21NO4S/c1-13-3-4-16(11-14(13)2)9-10-19-24(22,23)17-7-5-15(6-8-17)12-18(20)21/h3-8,11,19H,9-10,12H2,1-2H3,(H,20,21). The average molecular weight is 347 g/mol. The second-order valence-corrected chi connectivity index (χ2v) is 7.55. The van der Waals surface area contributed by atoms with Crippen LogP contribution in [0.25, 0.3) is 0 Å². The second-order valence-electron chi connectivity index (χ2n) is 5.78. The van der Waals surface area contributed by atoms with E-state index in [0.717, 1.165) is 5.56 Å². The first kappa shape index (κ1) is 18.2. The SMILES string of the molecule is Cc1ccc(CCNS(=O)(=O)c2ccc(CC(=O)O)cc2)cc1C. The number of carboxylic acids is 1. The van der Waals surface area contributed by atoms with E-state index in [1.54, 1.807) is 0 Å². The molecular weight excluding hydrogens is 326 g/mol. The van der Waals surface area contributed by atoms with Gasteiger partial charge in [0, 0.05) is 6.54 Å². The Labute approximate surface area is 142 Å². The molecule has 0 aliphatic rings. The third-order valence-electron chi connectivity index (χ3n) is 3.87. The molecule has 0 radical (unpaired) electrons. The van der Waals surface area contributed by atoms with Gasteiger partial charge in [-0.25, -0.2) is 13.1 Å². The summed E-state index contributed by atoms with van der Waals surface area (Å²) in [4.78, 5) is 10.8. The van der Waals surface area contributed by atoms with E-state index in [1.165, 1.54) is 35.4 Å². The lowest BCUT2D eigenvalue weighted by atomic mass is 10.0. The molecule has 0 spiro atoms. The molecule has 0 fully saturated rings. The molecule has 5 nitrogen and oxygen atoms in total. The van der Waals surface area contributed by atoms with Crippen LogP contribution in [0.2, 0.25) is 0 Å². The highest BCUT2D eigenvalue weighted by Crippen LogP contribution is 2.12. The van der Waals surface area contributed by atoms with Crippen LogP contribution in [0.3, 0.4) is 0 Å². The van der Waals surface area contributed by atoms with Crippen molar-refractivity contribution in [3.8, 4) is 0 Å². The van der Waals surface area contributed by atoms with Crippen LogP contribution in [-0.2, 0) is 27.7 Å². The topological polar surface area (TPSA) is 83.5 Å². The second kappa shape index (κ2) is 7.59. The molecule has 0 aliphatic heterocycles. The van der Waals surface area contributed by atoms with Crippen LogP contribution in [0.1, 0.15) is 22.3 Å². The Morgan fingerprint density at radius 3 is 2.21 bits per heavy atom. The zero-order valence-electron chi connectivity index (χ0n) is 13.7. The maximum Gasteiger partial charge on any atom is 0.307 e. The fourth-order valence-electron chi connectivity index (χ4n) is 2.33. The predicted octanol–water partition coefficient (Wildman–Crippen LogP) is 2.45. The minimum absolute atomic E-state index is 0.124. The number of carbonyl (C=O) groups is 1. The third kappa shape index (κ3) is 4.91. The zero-order chi connectivity index (χ0) is 17.7. The van der Waals surface area contributed by atoms with Gasteiger partial charge in [-0.1, -0.05) is 30.3 Å². The third-order valence-corrected chi connectivity index (χ3v) is 5.34. The van der Waals surface area contributed by atoms with E-state index in [-0.39, 0.29) is 11.3 Å². The van der Waals surface area contributed by atoms with E-state index in [4.69, 9.17) is 5.11 Å². The molecule has 128 valence electrons. The van der Waals surface area contributed by atoms with Gasteiger partial charge < -0.3 is 5.11 Å². The minimum atomic E-state index is -3.59. The Morgan fingerprint density at radius 2 is 1.62 bits per heavy atom. The Morgan fingerprint density at radius 1 is 1.00 bits per heavy atom. The van der Waals surface area contributed by atoms with Gasteiger partial charge >= 0.3 is 5.97 Å². The highest BCUT2D eigenvalue weighted by atomic mass is 32.2. The first-order chi connectivity index (χ1) is 11.3. The largest absolute Gasteiger partial charge is 0.481 e. The van der Waals surface area contributed by atoms with Crippen molar-refractivity contribution in [3.05, 3.63) is 64.7 Å². The van der Waals surface area contributed by atoms with E-state index in [2.05, 4.69) is 10.8 Å². The minimum Gasteiger partial charge on any atom is -0.481 e. The van der Waals surface area contributed by atoms with E-state index >= 15 is 0 Å². The quantitative estimate of drug-likeness (QED) is 0.806. The lowest BCUT2D eigenvalue weighted by Crippen LogP contribution is -2.26.